The van der Waals surface area contributed by atoms with E-state index < -0.39 is 6.09 Å². The van der Waals surface area contributed by atoms with Crippen molar-refractivity contribution in [3.05, 3.63) is 28.3 Å². The molecule has 20 heavy (non-hydrogen) atoms. The Morgan fingerprint density at radius 2 is 2.25 bits per heavy atom. The smallest absolute Gasteiger partial charge is 0.388 e. The van der Waals surface area contributed by atoms with Crippen molar-refractivity contribution in [3.63, 3.8) is 0 Å². The third-order valence-corrected chi connectivity index (χ3v) is 3.27. The zero-order valence-electron chi connectivity index (χ0n) is 10.9. The Morgan fingerprint density at radius 3 is 2.95 bits per heavy atom. The van der Waals surface area contributed by atoms with E-state index in [0.29, 0.717) is 10.4 Å². The number of rotatable bonds is 4. The maximum Gasteiger partial charge on any atom is 0.419 e. The molecule has 1 amide bonds. The van der Waals surface area contributed by atoms with Gasteiger partial charge in [-0.1, -0.05) is 6.07 Å². The van der Waals surface area contributed by atoms with Crippen LogP contribution in [0.4, 0.5) is 15.6 Å². The fraction of sp³-hybridized carbons (Fsp3) is 0.250. The molecule has 0 spiro atoms. The van der Waals surface area contributed by atoms with E-state index in [1.165, 1.54) is 11.3 Å². The Bertz CT molecular complexity index is 603. The predicted molar refractivity (Wildman–Crippen MR) is 82.5 cm³/mol. The van der Waals surface area contributed by atoms with Gasteiger partial charge in [-0.05, 0) is 41.9 Å². The SMILES string of the molecule is CC(C)Nc1scnc1OC(=O)Nc1cccc(Br)n1. The van der Waals surface area contributed by atoms with Gasteiger partial charge in [-0.15, -0.1) is 11.3 Å². The largest absolute Gasteiger partial charge is 0.419 e. The first kappa shape index (κ1) is 14.7. The molecular weight excluding hydrogens is 344 g/mol. The summed E-state index contributed by atoms with van der Waals surface area (Å²) < 4.78 is 5.79. The van der Waals surface area contributed by atoms with E-state index in [4.69, 9.17) is 4.74 Å². The summed E-state index contributed by atoms with van der Waals surface area (Å²) in [7, 11) is 0. The van der Waals surface area contributed by atoms with Crippen molar-refractivity contribution in [2.75, 3.05) is 10.6 Å². The second-order valence-electron chi connectivity index (χ2n) is 4.15. The van der Waals surface area contributed by atoms with Gasteiger partial charge in [0, 0.05) is 6.04 Å². The second-order valence-corrected chi connectivity index (χ2v) is 5.81. The molecule has 0 atom stereocenters. The molecular formula is C12H13BrN4O2S. The van der Waals surface area contributed by atoms with Crippen molar-refractivity contribution in [1.29, 1.82) is 0 Å². The van der Waals surface area contributed by atoms with Crippen LogP contribution in [0.15, 0.2) is 28.3 Å². The molecule has 2 rings (SSSR count). The fourth-order valence-electron chi connectivity index (χ4n) is 1.36. The summed E-state index contributed by atoms with van der Waals surface area (Å²) in [6.07, 6.45) is -0.631. The lowest BCUT2D eigenvalue weighted by Crippen LogP contribution is -2.19. The summed E-state index contributed by atoms with van der Waals surface area (Å²) in [5.41, 5.74) is 1.62. The molecule has 6 nitrogen and oxygen atoms in total. The number of thiazole rings is 1. The first-order chi connectivity index (χ1) is 9.54. The molecule has 0 fully saturated rings. The molecule has 0 aliphatic carbocycles. The van der Waals surface area contributed by atoms with Gasteiger partial charge in [0.05, 0.1) is 5.51 Å². The van der Waals surface area contributed by atoms with Crippen LogP contribution in [-0.2, 0) is 0 Å². The molecule has 0 saturated heterocycles. The standard InChI is InChI=1S/C12H13BrN4O2S/c1-7(2)15-11-10(14-6-20-11)19-12(18)17-9-5-3-4-8(13)16-9/h3-7,15H,1-2H3,(H,16,17,18). The minimum Gasteiger partial charge on any atom is -0.388 e. The molecule has 0 radical (unpaired) electrons. The molecule has 0 aromatic carbocycles. The number of hydrogen-bond acceptors (Lipinski definition) is 6. The van der Waals surface area contributed by atoms with Crippen LogP contribution in [0.1, 0.15) is 13.8 Å². The number of nitrogens with zero attached hydrogens (tertiary/aromatic N) is 2. The van der Waals surface area contributed by atoms with Gasteiger partial charge in [-0.3, -0.25) is 5.32 Å². The molecule has 106 valence electrons. The number of halogens is 1. The predicted octanol–water partition coefficient (Wildman–Crippen LogP) is 3.73. The Hall–Kier alpha value is -1.67. The molecule has 2 aromatic rings. The number of pyridine rings is 1. The molecule has 0 aliphatic heterocycles. The monoisotopic (exact) mass is 356 g/mol. The fourth-order valence-corrected chi connectivity index (χ4v) is 2.46. The lowest BCUT2D eigenvalue weighted by Gasteiger charge is -2.09. The summed E-state index contributed by atoms with van der Waals surface area (Å²) in [4.78, 5) is 19.9. The van der Waals surface area contributed by atoms with Crippen LogP contribution in [-0.4, -0.2) is 22.1 Å². The first-order valence-corrected chi connectivity index (χ1v) is 7.53. The number of ether oxygens (including phenoxy) is 1. The highest BCUT2D eigenvalue weighted by atomic mass is 79.9. The maximum absolute atomic E-state index is 11.8. The third-order valence-electron chi connectivity index (χ3n) is 2.09. The molecule has 2 N–H and O–H groups in total. The van der Waals surface area contributed by atoms with Crippen molar-refractivity contribution in [3.8, 4) is 5.88 Å². The number of hydrogen-bond donors (Lipinski definition) is 2. The summed E-state index contributed by atoms with van der Waals surface area (Å²) in [5.74, 6) is 0.661. The van der Waals surface area contributed by atoms with Crippen LogP contribution in [0.2, 0.25) is 0 Å². The summed E-state index contributed by atoms with van der Waals surface area (Å²) in [5, 5.41) is 6.42. The molecule has 0 aliphatic rings. The lowest BCUT2D eigenvalue weighted by molar-refractivity contribution is 0.213. The van der Waals surface area contributed by atoms with E-state index in [0.717, 1.165) is 5.00 Å². The van der Waals surface area contributed by atoms with Gasteiger partial charge >= 0.3 is 6.09 Å². The minimum absolute atomic E-state index is 0.229. The third kappa shape index (κ3) is 4.17. The molecule has 2 aromatic heterocycles. The number of nitrogens with one attached hydrogen (secondary N) is 2. The maximum atomic E-state index is 11.8. The van der Waals surface area contributed by atoms with Crippen molar-refractivity contribution in [2.45, 2.75) is 19.9 Å². The number of aromatic nitrogens is 2. The highest BCUT2D eigenvalue weighted by Gasteiger charge is 2.13. The molecule has 0 unspecified atom stereocenters. The van der Waals surface area contributed by atoms with Gasteiger partial charge in [0.25, 0.3) is 5.88 Å². The Kier molecular flexibility index (Phi) is 4.91. The van der Waals surface area contributed by atoms with Crippen molar-refractivity contribution in [2.24, 2.45) is 0 Å². The summed E-state index contributed by atoms with van der Waals surface area (Å²) in [6.45, 7) is 3.99. The van der Waals surface area contributed by atoms with Gasteiger partial charge in [0.2, 0.25) is 0 Å². The van der Waals surface area contributed by atoms with Crippen LogP contribution < -0.4 is 15.4 Å². The van der Waals surface area contributed by atoms with E-state index in [1.54, 1.807) is 23.7 Å². The van der Waals surface area contributed by atoms with Crippen LogP contribution >= 0.6 is 27.3 Å². The normalized spacial score (nSPS) is 10.4. The molecule has 8 heteroatoms. The average molecular weight is 357 g/mol. The average Bonchev–Trinajstić information content (AvgIpc) is 2.75. The topological polar surface area (TPSA) is 76.1 Å². The van der Waals surface area contributed by atoms with Crippen LogP contribution in [0.3, 0.4) is 0 Å². The highest BCUT2D eigenvalue weighted by molar-refractivity contribution is 9.10. The van der Waals surface area contributed by atoms with Gasteiger partial charge < -0.3 is 10.1 Å². The number of carbonyl (C=O) groups is 1. The van der Waals surface area contributed by atoms with Crippen LogP contribution in [0.5, 0.6) is 5.88 Å². The van der Waals surface area contributed by atoms with Crippen molar-refractivity contribution >= 4 is 44.2 Å². The van der Waals surface area contributed by atoms with E-state index in [1.807, 2.05) is 13.8 Å². The van der Waals surface area contributed by atoms with E-state index in [9.17, 15) is 4.79 Å². The number of carbonyl (C=O) groups excluding carboxylic acids is 1. The second kappa shape index (κ2) is 6.67. The molecule has 2 heterocycles. The van der Waals surface area contributed by atoms with Gasteiger partial charge in [0.1, 0.15) is 10.4 Å². The summed E-state index contributed by atoms with van der Waals surface area (Å²) in [6, 6.07) is 5.43. The van der Waals surface area contributed by atoms with Crippen molar-refractivity contribution < 1.29 is 9.53 Å². The minimum atomic E-state index is -0.631. The summed E-state index contributed by atoms with van der Waals surface area (Å²) >= 11 is 4.61. The zero-order valence-corrected chi connectivity index (χ0v) is 13.3. The zero-order chi connectivity index (χ0) is 14.5. The lowest BCUT2D eigenvalue weighted by atomic mass is 10.4. The van der Waals surface area contributed by atoms with E-state index in [2.05, 4.69) is 36.5 Å². The van der Waals surface area contributed by atoms with Gasteiger partial charge in [0.15, 0.2) is 5.00 Å². The quantitative estimate of drug-likeness (QED) is 0.816. The molecule has 0 saturated carbocycles. The van der Waals surface area contributed by atoms with Gasteiger partial charge in [-0.25, -0.2) is 14.8 Å². The first-order valence-electron chi connectivity index (χ1n) is 5.86. The van der Waals surface area contributed by atoms with Crippen molar-refractivity contribution in [1.82, 2.24) is 9.97 Å². The van der Waals surface area contributed by atoms with Gasteiger partial charge in [-0.2, -0.15) is 0 Å². The highest BCUT2D eigenvalue weighted by Crippen LogP contribution is 2.28. The number of anilines is 2. The van der Waals surface area contributed by atoms with Crippen LogP contribution in [0, 0.1) is 0 Å². The Morgan fingerprint density at radius 1 is 1.45 bits per heavy atom. The van der Waals surface area contributed by atoms with E-state index >= 15 is 0 Å². The Balaban J connectivity index is 2.00. The molecule has 0 bridgehead atoms. The van der Waals surface area contributed by atoms with Crippen LogP contribution in [0.25, 0.3) is 0 Å². The Labute approximate surface area is 128 Å². The number of amides is 1. The van der Waals surface area contributed by atoms with E-state index in [-0.39, 0.29) is 11.9 Å².